The number of pyridine rings is 1. The summed E-state index contributed by atoms with van der Waals surface area (Å²) in [5.41, 5.74) is 0.0968. The first-order valence-electron chi connectivity index (χ1n) is 12.2. The molecule has 1 saturated heterocycles. The molecule has 1 fully saturated rings. The van der Waals surface area contributed by atoms with E-state index in [1.165, 1.54) is 13.2 Å². The molecule has 1 amide bonds. The predicted octanol–water partition coefficient (Wildman–Crippen LogP) is 3.55. The van der Waals surface area contributed by atoms with Gasteiger partial charge in [-0.05, 0) is 43.2 Å². The summed E-state index contributed by atoms with van der Waals surface area (Å²) in [6, 6.07) is 9.39. The van der Waals surface area contributed by atoms with Gasteiger partial charge in [-0.3, -0.25) is 9.10 Å². The van der Waals surface area contributed by atoms with E-state index in [-0.39, 0.29) is 30.3 Å². The number of carbonyl (C=O) groups excluding carboxylic acids is 1. The first-order valence-corrected chi connectivity index (χ1v) is 14.1. The van der Waals surface area contributed by atoms with Gasteiger partial charge in [-0.1, -0.05) is 6.07 Å². The van der Waals surface area contributed by atoms with Crippen molar-refractivity contribution in [3.63, 3.8) is 0 Å². The number of hydrogen-bond acceptors (Lipinski definition) is 9. The molecule has 40 heavy (non-hydrogen) atoms. The van der Waals surface area contributed by atoms with Crippen molar-refractivity contribution in [2.75, 3.05) is 41.4 Å². The fraction of sp³-hybridized carbons (Fsp3) is 0.360. The number of alkyl halides is 3. The first-order chi connectivity index (χ1) is 18.9. The third-order valence-electron chi connectivity index (χ3n) is 6.12. The van der Waals surface area contributed by atoms with Crippen LogP contribution in [0.4, 0.5) is 36.4 Å². The number of rotatable bonds is 10. The number of anilines is 4. The van der Waals surface area contributed by atoms with Gasteiger partial charge in [0.25, 0.3) is 5.91 Å². The average molecular weight is 580 g/mol. The summed E-state index contributed by atoms with van der Waals surface area (Å²) >= 11 is 0. The van der Waals surface area contributed by atoms with Crippen LogP contribution < -0.4 is 20.3 Å². The van der Waals surface area contributed by atoms with Crippen LogP contribution in [0.3, 0.4) is 0 Å². The van der Waals surface area contributed by atoms with Crippen molar-refractivity contribution in [3.8, 4) is 0 Å². The molecular weight excluding hydrogens is 551 g/mol. The van der Waals surface area contributed by atoms with Crippen molar-refractivity contribution >= 4 is 39.2 Å². The Morgan fingerprint density at radius 2 is 1.93 bits per heavy atom. The minimum atomic E-state index is -4.75. The van der Waals surface area contributed by atoms with Gasteiger partial charge in [-0.15, -0.1) is 0 Å². The van der Waals surface area contributed by atoms with Crippen LogP contribution in [0.15, 0.2) is 48.8 Å². The van der Waals surface area contributed by atoms with E-state index >= 15 is 0 Å². The van der Waals surface area contributed by atoms with Gasteiger partial charge in [0.15, 0.2) is 0 Å². The topological polar surface area (TPSA) is 138 Å². The van der Waals surface area contributed by atoms with Crippen molar-refractivity contribution < 1.29 is 31.1 Å². The normalized spacial score (nSPS) is 15.5. The number of halogens is 3. The molecule has 3 N–H and O–H groups in total. The summed E-state index contributed by atoms with van der Waals surface area (Å²) in [5, 5.41) is 8.29. The zero-order valence-electron chi connectivity index (χ0n) is 21.7. The molecule has 1 aromatic carbocycles. The maximum atomic E-state index is 13.7. The molecule has 1 aliphatic rings. The van der Waals surface area contributed by atoms with E-state index in [9.17, 15) is 26.4 Å². The second-order valence-corrected chi connectivity index (χ2v) is 11.1. The molecule has 2 aromatic heterocycles. The molecule has 0 aliphatic carbocycles. The van der Waals surface area contributed by atoms with Crippen molar-refractivity contribution in [2.45, 2.75) is 31.7 Å². The van der Waals surface area contributed by atoms with Gasteiger partial charge in [0.05, 0.1) is 12.4 Å². The van der Waals surface area contributed by atoms with E-state index in [2.05, 4.69) is 30.9 Å². The number of hydrogen-bond donors (Lipinski definition) is 3. The molecule has 4 rings (SSSR count). The number of carbonyl (C=O) groups is 1. The van der Waals surface area contributed by atoms with Crippen LogP contribution in [-0.4, -0.2) is 61.8 Å². The van der Waals surface area contributed by atoms with Crippen LogP contribution in [0.1, 0.15) is 34.3 Å². The Morgan fingerprint density at radius 3 is 2.58 bits per heavy atom. The highest BCUT2D eigenvalue weighted by molar-refractivity contribution is 7.92. The molecule has 1 atom stereocenters. The molecule has 11 nitrogen and oxygen atoms in total. The maximum absolute atomic E-state index is 13.7. The molecule has 0 saturated carbocycles. The third kappa shape index (κ3) is 7.35. The van der Waals surface area contributed by atoms with E-state index in [0.29, 0.717) is 36.2 Å². The first kappa shape index (κ1) is 29.0. The van der Waals surface area contributed by atoms with Crippen molar-refractivity contribution in [1.82, 2.24) is 20.3 Å². The Kier molecular flexibility index (Phi) is 8.73. The Labute approximate surface area is 229 Å². The van der Waals surface area contributed by atoms with E-state index < -0.39 is 27.6 Å². The summed E-state index contributed by atoms with van der Waals surface area (Å²) in [6.07, 6.45) is 0.150. The summed E-state index contributed by atoms with van der Waals surface area (Å²) < 4.78 is 71.4. The van der Waals surface area contributed by atoms with Gasteiger partial charge in [-0.25, -0.2) is 18.4 Å². The Morgan fingerprint density at radius 1 is 1.18 bits per heavy atom. The summed E-state index contributed by atoms with van der Waals surface area (Å²) in [4.78, 5) is 24.2. The second kappa shape index (κ2) is 12.0. The summed E-state index contributed by atoms with van der Waals surface area (Å²) in [7, 11) is -2.35. The lowest BCUT2D eigenvalue weighted by molar-refractivity contribution is -0.137. The zero-order valence-corrected chi connectivity index (χ0v) is 22.5. The fourth-order valence-corrected chi connectivity index (χ4v) is 4.40. The van der Waals surface area contributed by atoms with E-state index in [0.717, 1.165) is 23.4 Å². The Bertz CT molecular complexity index is 1450. The summed E-state index contributed by atoms with van der Waals surface area (Å²) in [5.74, 6) is -0.827. The van der Waals surface area contributed by atoms with Crippen molar-refractivity contribution in [3.05, 3.63) is 65.5 Å². The Hall–Kier alpha value is -3.98. The highest BCUT2D eigenvalue weighted by Crippen LogP contribution is 2.34. The zero-order chi connectivity index (χ0) is 28.9. The molecule has 0 radical (unpaired) electrons. The van der Waals surface area contributed by atoms with Gasteiger partial charge >= 0.3 is 6.18 Å². The van der Waals surface area contributed by atoms with E-state index in [4.69, 9.17) is 4.74 Å². The number of amides is 1. The largest absolute Gasteiger partial charge is 0.421 e. The monoisotopic (exact) mass is 579 g/mol. The van der Waals surface area contributed by atoms with Crippen LogP contribution >= 0.6 is 0 Å². The lowest BCUT2D eigenvalue weighted by Crippen LogP contribution is -2.31. The molecule has 0 bridgehead atoms. The molecule has 214 valence electrons. The molecular formula is C25H28F3N7O4S. The van der Waals surface area contributed by atoms with Gasteiger partial charge in [0.1, 0.15) is 17.2 Å². The number of aromatic nitrogens is 3. The minimum absolute atomic E-state index is 0.00912. The van der Waals surface area contributed by atoms with E-state index in [1.54, 1.807) is 36.4 Å². The smallest absolute Gasteiger partial charge is 0.376 e. The molecule has 0 unspecified atom stereocenters. The molecule has 3 aromatic rings. The highest BCUT2D eigenvalue weighted by atomic mass is 32.2. The molecule has 1 aliphatic heterocycles. The third-order valence-corrected chi connectivity index (χ3v) is 7.29. The van der Waals surface area contributed by atoms with Crippen molar-refractivity contribution in [2.24, 2.45) is 0 Å². The molecule has 15 heteroatoms. The lowest BCUT2D eigenvalue weighted by atomic mass is 10.2. The summed E-state index contributed by atoms with van der Waals surface area (Å²) in [6.45, 7) is 0.909. The van der Waals surface area contributed by atoms with Gasteiger partial charge < -0.3 is 20.7 Å². The van der Waals surface area contributed by atoms with Crippen LogP contribution in [0.5, 0.6) is 0 Å². The number of nitrogens with one attached hydrogen (secondary N) is 3. The quantitative estimate of drug-likeness (QED) is 0.329. The minimum Gasteiger partial charge on any atom is -0.376 e. The fourth-order valence-electron chi connectivity index (χ4n) is 3.92. The standard InChI is InChI=1S/C25H28F3N7O4S/c1-35(40(2,37)38)22-17(5-3-11-29-22)13-30-21-20(25(26,27)28)15-32-24(34-21)33-18-9-7-16(8-10-18)23(36)31-14-19-6-4-12-39-19/h3,5,7-11,15,19H,4,6,12-14H2,1-2H3,(H,31,36)(H2,30,32,33,34)/t19-/m1/s1. The number of sulfonamides is 1. The van der Waals surface area contributed by atoms with Crippen LogP contribution in [0.2, 0.25) is 0 Å². The second-order valence-electron chi connectivity index (χ2n) is 9.07. The van der Waals surface area contributed by atoms with Crippen molar-refractivity contribution in [1.29, 1.82) is 0 Å². The van der Waals surface area contributed by atoms with E-state index in [1.807, 2.05) is 0 Å². The number of ether oxygens (including phenoxy) is 1. The number of benzene rings is 1. The van der Waals surface area contributed by atoms with Gasteiger partial charge in [0.2, 0.25) is 16.0 Å². The lowest BCUT2D eigenvalue weighted by Gasteiger charge is -2.20. The van der Waals surface area contributed by atoms with Crippen LogP contribution in [0.25, 0.3) is 0 Å². The molecule has 3 heterocycles. The average Bonchev–Trinajstić information content (AvgIpc) is 3.43. The SMILES string of the molecule is CN(c1ncccc1CNc1nc(Nc2ccc(C(=O)NC[C@H]3CCCO3)cc2)ncc1C(F)(F)F)S(C)(=O)=O. The van der Waals surface area contributed by atoms with Gasteiger partial charge in [0, 0.05) is 56.0 Å². The van der Waals surface area contributed by atoms with Crippen LogP contribution in [0, 0.1) is 0 Å². The predicted molar refractivity (Wildman–Crippen MR) is 143 cm³/mol. The maximum Gasteiger partial charge on any atom is 0.421 e. The highest BCUT2D eigenvalue weighted by Gasteiger charge is 2.35. The van der Waals surface area contributed by atoms with Crippen LogP contribution in [-0.2, 0) is 27.5 Å². The molecule has 0 spiro atoms. The number of nitrogens with zero attached hydrogens (tertiary/aromatic N) is 4. The Balaban J connectivity index is 1.48. The van der Waals surface area contributed by atoms with Gasteiger partial charge in [-0.2, -0.15) is 18.2 Å².